The van der Waals surface area contributed by atoms with Crippen molar-refractivity contribution in [2.24, 2.45) is 0 Å². The van der Waals surface area contributed by atoms with Crippen molar-refractivity contribution in [3.8, 4) is 5.75 Å². The average Bonchev–Trinajstić information content (AvgIpc) is 3.04. The van der Waals surface area contributed by atoms with Crippen LogP contribution < -0.4 is 10.1 Å². The summed E-state index contributed by atoms with van der Waals surface area (Å²) in [5, 5.41) is 19.0. The number of para-hydroxylation sites is 1. The highest BCUT2D eigenvalue weighted by Crippen LogP contribution is 2.15. The van der Waals surface area contributed by atoms with Gasteiger partial charge < -0.3 is 15.2 Å². The molecule has 25 heavy (non-hydrogen) atoms. The summed E-state index contributed by atoms with van der Waals surface area (Å²) in [4.78, 5) is 23.6. The molecule has 0 aliphatic rings. The first-order chi connectivity index (χ1) is 12.0. The lowest BCUT2D eigenvalue weighted by Gasteiger charge is -2.15. The van der Waals surface area contributed by atoms with Gasteiger partial charge in [-0.15, -0.1) is 0 Å². The number of aromatic amines is 1. The van der Waals surface area contributed by atoms with Gasteiger partial charge in [-0.2, -0.15) is 5.10 Å². The molecule has 1 unspecified atom stereocenters. The number of H-pyrrole nitrogens is 1. The minimum atomic E-state index is -1.32. The number of hydrogen-bond acceptors (Lipinski definition) is 4. The number of benzene rings is 2. The summed E-state index contributed by atoms with van der Waals surface area (Å²) in [5.74, 6) is -2.05. The summed E-state index contributed by atoms with van der Waals surface area (Å²) < 4.78 is 18.2. The Morgan fingerprint density at radius 2 is 1.92 bits per heavy atom. The van der Waals surface area contributed by atoms with Gasteiger partial charge in [-0.05, 0) is 30.3 Å². The summed E-state index contributed by atoms with van der Waals surface area (Å²) in [6.07, 6.45) is -1.32. The normalized spacial score (nSPS) is 11.9. The zero-order valence-corrected chi connectivity index (χ0v) is 12.9. The second-order valence-electron chi connectivity index (χ2n) is 5.23. The van der Waals surface area contributed by atoms with Crippen molar-refractivity contribution in [3.05, 3.63) is 60.0 Å². The van der Waals surface area contributed by atoms with E-state index in [1.807, 2.05) is 0 Å². The van der Waals surface area contributed by atoms with Crippen molar-refractivity contribution >= 4 is 22.8 Å². The number of amides is 1. The van der Waals surface area contributed by atoms with Crippen molar-refractivity contribution in [2.45, 2.75) is 6.10 Å². The zero-order chi connectivity index (χ0) is 17.8. The number of carboxylic acid groups (broad SMARTS) is 1. The Balaban J connectivity index is 1.67. The molecule has 1 aromatic heterocycles. The van der Waals surface area contributed by atoms with E-state index in [4.69, 9.17) is 4.74 Å². The Morgan fingerprint density at radius 1 is 1.20 bits per heavy atom. The molecular weight excluding hydrogens is 329 g/mol. The molecule has 0 radical (unpaired) electrons. The highest BCUT2D eigenvalue weighted by molar-refractivity contribution is 6.04. The number of carbonyl (C=O) groups is 2. The molecule has 2 aromatic carbocycles. The predicted octanol–water partition coefficient (Wildman–Crippen LogP) is 1.96. The smallest absolute Gasteiger partial charge is 0.346 e. The van der Waals surface area contributed by atoms with Crippen molar-refractivity contribution in [3.63, 3.8) is 0 Å². The Morgan fingerprint density at radius 3 is 2.64 bits per heavy atom. The highest BCUT2D eigenvalue weighted by Gasteiger charge is 2.22. The molecule has 1 amide bonds. The van der Waals surface area contributed by atoms with Crippen LogP contribution in [0.15, 0.2) is 48.5 Å². The molecule has 7 nitrogen and oxygen atoms in total. The number of halogens is 1. The Kier molecular flexibility index (Phi) is 4.60. The van der Waals surface area contributed by atoms with Gasteiger partial charge in [-0.3, -0.25) is 9.89 Å². The Bertz CT molecular complexity index is 908. The topological polar surface area (TPSA) is 104 Å². The largest absolute Gasteiger partial charge is 0.478 e. The van der Waals surface area contributed by atoms with Crippen molar-refractivity contribution < 1.29 is 23.8 Å². The molecule has 1 heterocycles. The minimum absolute atomic E-state index is 0.168. The van der Waals surface area contributed by atoms with Gasteiger partial charge in [0.2, 0.25) is 6.10 Å². The fourth-order valence-electron chi connectivity index (χ4n) is 2.26. The molecule has 0 aliphatic heterocycles. The fourth-order valence-corrected chi connectivity index (χ4v) is 2.26. The molecule has 1 atom stereocenters. The maximum Gasteiger partial charge on any atom is 0.346 e. The molecule has 0 saturated carbocycles. The number of aromatic nitrogens is 2. The molecule has 0 bridgehead atoms. The van der Waals surface area contributed by atoms with Crippen LogP contribution in [0.5, 0.6) is 5.75 Å². The van der Waals surface area contributed by atoms with Crippen molar-refractivity contribution in [2.75, 3.05) is 6.54 Å². The molecule has 0 spiro atoms. The van der Waals surface area contributed by atoms with E-state index in [0.29, 0.717) is 10.9 Å². The van der Waals surface area contributed by atoms with Crippen LogP contribution in [0.1, 0.15) is 10.5 Å². The van der Waals surface area contributed by atoms with Gasteiger partial charge in [0.1, 0.15) is 11.6 Å². The van der Waals surface area contributed by atoms with Crippen LogP contribution in [0, 0.1) is 5.82 Å². The van der Waals surface area contributed by atoms with Crippen LogP contribution >= 0.6 is 0 Å². The van der Waals surface area contributed by atoms with Crippen molar-refractivity contribution in [1.82, 2.24) is 15.5 Å². The third kappa shape index (κ3) is 3.74. The lowest BCUT2D eigenvalue weighted by molar-refractivity contribution is -0.144. The van der Waals surface area contributed by atoms with E-state index in [9.17, 15) is 19.1 Å². The molecule has 3 aromatic rings. The average molecular weight is 343 g/mol. The Labute approximate surface area is 141 Å². The minimum Gasteiger partial charge on any atom is -0.478 e. The fraction of sp³-hybridized carbons (Fsp3) is 0.118. The standard InChI is InChI=1S/C17H14FN3O4/c18-10-5-7-11(8-6-10)25-14(17(23)24)9-19-16(22)15-12-3-1-2-4-13(12)20-21-15/h1-8,14H,9H2,(H,19,22)(H,20,21)(H,23,24). The van der Waals surface area contributed by atoms with Gasteiger partial charge in [0, 0.05) is 5.39 Å². The van der Waals surface area contributed by atoms with Crippen LogP contribution in [0.3, 0.4) is 0 Å². The van der Waals surface area contributed by atoms with E-state index in [1.54, 1.807) is 24.3 Å². The number of hydrogen-bond donors (Lipinski definition) is 3. The van der Waals surface area contributed by atoms with E-state index >= 15 is 0 Å². The second-order valence-corrected chi connectivity index (χ2v) is 5.23. The second kappa shape index (κ2) is 7.00. The molecule has 3 rings (SSSR count). The SMILES string of the molecule is O=C(NCC(Oc1ccc(F)cc1)C(=O)O)c1n[nH]c2ccccc12. The van der Waals surface area contributed by atoms with E-state index in [0.717, 1.165) is 12.1 Å². The molecule has 0 aliphatic carbocycles. The number of rotatable bonds is 6. The van der Waals surface area contributed by atoms with Crippen molar-refractivity contribution in [1.29, 1.82) is 0 Å². The molecule has 0 fully saturated rings. The van der Waals surface area contributed by atoms with Crippen LogP contribution in [0.25, 0.3) is 10.9 Å². The first-order valence-electron chi connectivity index (χ1n) is 7.41. The number of fused-ring (bicyclic) bond motifs is 1. The number of carbonyl (C=O) groups excluding carboxylic acids is 1. The third-order valence-electron chi connectivity index (χ3n) is 3.50. The maximum atomic E-state index is 12.9. The monoisotopic (exact) mass is 343 g/mol. The third-order valence-corrected chi connectivity index (χ3v) is 3.50. The molecule has 128 valence electrons. The summed E-state index contributed by atoms with van der Waals surface area (Å²) in [6, 6.07) is 12.0. The van der Waals surface area contributed by atoms with E-state index in [-0.39, 0.29) is 18.0 Å². The van der Waals surface area contributed by atoms with Crippen LogP contribution in [0.4, 0.5) is 4.39 Å². The van der Waals surface area contributed by atoms with E-state index < -0.39 is 23.8 Å². The lowest BCUT2D eigenvalue weighted by Crippen LogP contribution is -2.40. The first-order valence-corrected chi connectivity index (χ1v) is 7.41. The van der Waals surface area contributed by atoms with Gasteiger partial charge in [0.05, 0.1) is 12.1 Å². The molecule has 8 heteroatoms. The van der Waals surface area contributed by atoms with E-state index in [1.165, 1.54) is 12.1 Å². The number of nitrogens with zero attached hydrogens (tertiary/aromatic N) is 1. The van der Waals surface area contributed by atoms with Crippen LogP contribution in [-0.2, 0) is 4.79 Å². The summed E-state index contributed by atoms with van der Waals surface area (Å²) >= 11 is 0. The van der Waals surface area contributed by atoms with Gasteiger partial charge in [-0.25, -0.2) is 9.18 Å². The number of carboxylic acids is 1. The van der Waals surface area contributed by atoms with Gasteiger partial charge in [0.15, 0.2) is 5.69 Å². The molecule has 0 saturated heterocycles. The number of aliphatic carboxylic acids is 1. The Hall–Kier alpha value is -3.42. The highest BCUT2D eigenvalue weighted by atomic mass is 19.1. The number of ether oxygens (including phenoxy) is 1. The predicted molar refractivity (Wildman–Crippen MR) is 86.9 cm³/mol. The van der Waals surface area contributed by atoms with Crippen LogP contribution in [-0.4, -0.2) is 39.8 Å². The summed E-state index contributed by atoms with van der Waals surface area (Å²) in [7, 11) is 0. The van der Waals surface area contributed by atoms with Gasteiger partial charge in [0.25, 0.3) is 5.91 Å². The first kappa shape index (κ1) is 16.4. The molecular formula is C17H14FN3O4. The molecule has 3 N–H and O–H groups in total. The van der Waals surface area contributed by atoms with Gasteiger partial charge in [-0.1, -0.05) is 18.2 Å². The zero-order valence-electron chi connectivity index (χ0n) is 12.9. The lowest BCUT2D eigenvalue weighted by atomic mass is 10.2. The van der Waals surface area contributed by atoms with Gasteiger partial charge >= 0.3 is 5.97 Å². The van der Waals surface area contributed by atoms with Crippen LogP contribution in [0.2, 0.25) is 0 Å². The summed E-state index contributed by atoms with van der Waals surface area (Å²) in [5.41, 5.74) is 0.867. The van der Waals surface area contributed by atoms with E-state index in [2.05, 4.69) is 15.5 Å². The quantitative estimate of drug-likeness (QED) is 0.635. The maximum absolute atomic E-state index is 12.9. The summed E-state index contributed by atoms with van der Waals surface area (Å²) in [6.45, 7) is -0.271. The number of nitrogens with one attached hydrogen (secondary N) is 2.